The van der Waals surface area contributed by atoms with Crippen molar-refractivity contribution in [3.8, 4) is 0 Å². The lowest BCUT2D eigenvalue weighted by molar-refractivity contribution is 0.0999. The summed E-state index contributed by atoms with van der Waals surface area (Å²) in [6.45, 7) is 1.45. The van der Waals surface area contributed by atoms with Gasteiger partial charge in [0.05, 0.1) is 0 Å². The van der Waals surface area contributed by atoms with Crippen LogP contribution in [0.3, 0.4) is 0 Å². The van der Waals surface area contributed by atoms with Crippen LogP contribution in [0.15, 0.2) is 41.1 Å². The smallest absolute Gasteiger partial charge is 0.249 e. The predicted molar refractivity (Wildman–Crippen MR) is 69.8 cm³/mol. The van der Waals surface area contributed by atoms with Crippen molar-refractivity contribution in [1.29, 1.82) is 0 Å². The second-order valence-corrected chi connectivity index (χ2v) is 4.54. The molecule has 2 aromatic rings. The molecule has 0 radical (unpaired) electrons. The first kappa shape index (κ1) is 11.8. The molecule has 0 saturated heterocycles. The Kier molecular flexibility index (Phi) is 3.90. The average molecular weight is 246 g/mol. The minimum atomic E-state index is -0.377. The third-order valence-electron chi connectivity index (χ3n) is 2.51. The lowest BCUT2D eigenvalue weighted by atomic mass is 10.1. The van der Waals surface area contributed by atoms with Crippen molar-refractivity contribution in [2.75, 3.05) is 0 Å². The van der Waals surface area contributed by atoms with Gasteiger partial charge in [-0.25, -0.2) is 0 Å². The van der Waals surface area contributed by atoms with Gasteiger partial charge in [0, 0.05) is 18.7 Å². The highest BCUT2D eigenvalue weighted by molar-refractivity contribution is 7.07. The van der Waals surface area contributed by atoms with E-state index in [1.807, 2.05) is 23.6 Å². The van der Waals surface area contributed by atoms with Crippen LogP contribution in [-0.4, -0.2) is 5.91 Å². The second kappa shape index (κ2) is 5.61. The van der Waals surface area contributed by atoms with E-state index in [2.05, 4.69) is 16.8 Å². The molecule has 1 aromatic carbocycles. The largest absolute Gasteiger partial charge is 0.366 e. The number of nitrogens with two attached hydrogens (primary N) is 1. The third kappa shape index (κ3) is 3.15. The van der Waals surface area contributed by atoms with Crippen molar-refractivity contribution >= 4 is 17.2 Å². The molecule has 1 aromatic heterocycles. The molecule has 0 saturated carbocycles. The van der Waals surface area contributed by atoms with Crippen molar-refractivity contribution in [1.82, 2.24) is 5.32 Å². The second-order valence-electron chi connectivity index (χ2n) is 3.76. The van der Waals surface area contributed by atoms with E-state index in [0.717, 1.165) is 12.1 Å². The van der Waals surface area contributed by atoms with Gasteiger partial charge in [0.25, 0.3) is 0 Å². The Morgan fingerprint density at radius 3 is 2.76 bits per heavy atom. The quantitative estimate of drug-likeness (QED) is 0.849. The Bertz CT molecular complexity index is 494. The molecule has 0 atom stereocenters. The number of carbonyl (C=O) groups is 1. The molecule has 2 rings (SSSR count). The number of hydrogen-bond acceptors (Lipinski definition) is 3. The van der Waals surface area contributed by atoms with Gasteiger partial charge >= 0.3 is 0 Å². The van der Waals surface area contributed by atoms with Gasteiger partial charge in [-0.1, -0.05) is 18.2 Å². The van der Waals surface area contributed by atoms with Crippen LogP contribution in [0.4, 0.5) is 0 Å². The van der Waals surface area contributed by atoms with Crippen LogP contribution in [-0.2, 0) is 13.1 Å². The normalized spacial score (nSPS) is 10.4. The molecule has 88 valence electrons. The number of primary amides is 1. The van der Waals surface area contributed by atoms with Crippen LogP contribution in [0.25, 0.3) is 0 Å². The fourth-order valence-electron chi connectivity index (χ4n) is 1.65. The van der Waals surface area contributed by atoms with E-state index in [0.29, 0.717) is 12.1 Å². The van der Waals surface area contributed by atoms with E-state index in [-0.39, 0.29) is 5.91 Å². The molecule has 4 heteroatoms. The fourth-order valence-corrected chi connectivity index (χ4v) is 2.32. The average Bonchev–Trinajstić information content (AvgIpc) is 2.82. The van der Waals surface area contributed by atoms with E-state index in [1.165, 1.54) is 5.56 Å². The van der Waals surface area contributed by atoms with Crippen molar-refractivity contribution in [2.24, 2.45) is 5.73 Å². The first-order chi connectivity index (χ1) is 8.27. The Hall–Kier alpha value is -1.65. The number of hydrogen-bond donors (Lipinski definition) is 2. The Labute approximate surface area is 104 Å². The van der Waals surface area contributed by atoms with Crippen molar-refractivity contribution in [3.05, 3.63) is 57.8 Å². The van der Waals surface area contributed by atoms with E-state index in [4.69, 9.17) is 5.73 Å². The highest BCUT2D eigenvalue weighted by Crippen LogP contribution is 2.09. The maximum absolute atomic E-state index is 11.2. The van der Waals surface area contributed by atoms with Crippen molar-refractivity contribution in [2.45, 2.75) is 13.1 Å². The van der Waals surface area contributed by atoms with Crippen LogP contribution < -0.4 is 11.1 Å². The zero-order chi connectivity index (χ0) is 12.1. The number of carbonyl (C=O) groups excluding carboxylic acids is 1. The summed E-state index contributed by atoms with van der Waals surface area (Å²) in [6, 6.07) is 9.48. The van der Waals surface area contributed by atoms with Gasteiger partial charge in [-0.3, -0.25) is 4.79 Å². The number of thiophene rings is 1. The molecule has 3 nitrogen and oxygen atoms in total. The Morgan fingerprint density at radius 1 is 1.24 bits per heavy atom. The van der Waals surface area contributed by atoms with Gasteiger partial charge in [0.2, 0.25) is 5.91 Å². The summed E-state index contributed by atoms with van der Waals surface area (Å²) < 4.78 is 0. The molecule has 0 bridgehead atoms. The summed E-state index contributed by atoms with van der Waals surface area (Å²) in [5.74, 6) is -0.377. The molecule has 0 aliphatic rings. The van der Waals surface area contributed by atoms with Crippen LogP contribution in [0.2, 0.25) is 0 Å². The summed E-state index contributed by atoms with van der Waals surface area (Å²) in [5.41, 5.74) is 8.10. The molecule has 0 unspecified atom stereocenters. The molecular formula is C13H14N2OS. The Morgan fingerprint density at radius 2 is 2.06 bits per heavy atom. The lowest BCUT2D eigenvalue weighted by Gasteiger charge is -2.07. The minimum absolute atomic E-state index is 0.377. The first-order valence-corrected chi connectivity index (χ1v) is 6.31. The van der Waals surface area contributed by atoms with E-state index >= 15 is 0 Å². The standard InChI is InChI=1S/C13H14N2OS/c14-13(16)12-4-2-1-3-11(12)8-15-7-10-5-6-17-9-10/h1-6,9,15H,7-8H2,(H2,14,16). The van der Waals surface area contributed by atoms with Crippen molar-refractivity contribution in [3.63, 3.8) is 0 Å². The monoisotopic (exact) mass is 246 g/mol. The van der Waals surface area contributed by atoms with E-state index < -0.39 is 0 Å². The third-order valence-corrected chi connectivity index (χ3v) is 3.24. The number of amides is 1. The van der Waals surface area contributed by atoms with E-state index in [1.54, 1.807) is 17.4 Å². The van der Waals surface area contributed by atoms with Gasteiger partial charge in [0.15, 0.2) is 0 Å². The molecular weight excluding hydrogens is 232 g/mol. The predicted octanol–water partition coefficient (Wildman–Crippen LogP) is 2.14. The van der Waals surface area contributed by atoms with Crippen LogP contribution in [0.1, 0.15) is 21.5 Å². The molecule has 17 heavy (non-hydrogen) atoms. The van der Waals surface area contributed by atoms with Crippen LogP contribution >= 0.6 is 11.3 Å². The number of nitrogens with one attached hydrogen (secondary N) is 1. The highest BCUT2D eigenvalue weighted by atomic mass is 32.1. The maximum atomic E-state index is 11.2. The fraction of sp³-hybridized carbons (Fsp3) is 0.154. The van der Waals surface area contributed by atoms with Gasteiger partial charge in [0.1, 0.15) is 0 Å². The Balaban J connectivity index is 1.97. The van der Waals surface area contributed by atoms with Crippen LogP contribution in [0.5, 0.6) is 0 Å². The number of rotatable bonds is 5. The van der Waals surface area contributed by atoms with Gasteiger partial charge < -0.3 is 11.1 Å². The van der Waals surface area contributed by atoms with Gasteiger partial charge in [-0.05, 0) is 34.0 Å². The van der Waals surface area contributed by atoms with Gasteiger partial charge in [-0.15, -0.1) is 0 Å². The summed E-state index contributed by atoms with van der Waals surface area (Å²) in [7, 11) is 0. The summed E-state index contributed by atoms with van der Waals surface area (Å²) in [4.78, 5) is 11.2. The lowest BCUT2D eigenvalue weighted by Crippen LogP contribution is -2.18. The van der Waals surface area contributed by atoms with Crippen molar-refractivity contribution < 1.29 is 4.79 Å². The number of benzene rings is 1. The highest BCUT2D eigenvalue weighted by Gasteiger charge is 2.06. The SMILES string of the molecule is NC(=O)c1ccccc1CNCc1ccsc1. The zero-order valence-corrected chi connectivity index (χ0v) is 10.2. The minimum Gasteiger partial charge on any atom is -0.366 e. The summed E-state index contributed by atoms with van der Waals surface area (Å²) in [6.07, 6.45) is 0. The first-order valence-electron chi connectivity index (χ1n) is 5.37. The van der Waals surface area contributed by atoms with Crippen LogP contribution in [0, 0.1) is 0 Å². The molecule has 0 aliphatic carbocycles. The summed E-state index contributed by atoms with van der Waals surface area (Å²) in [5, 5.41) is 7.45. The molecule has 1 amide bonds. The molecule has 1 heterocycles. The topological polar surface area (TPSA) is 55.1 Å². The molecule has 0 spiro atoms. The maximum Gasteiger partial charge on any atom is 0.249 e. The zero-order valence-electron chi connectivity index (χ0n) is 9.35. The molecule has 0 aliphatic heterocycles. The molecule has 0 fully saturated rings. The van der Waals surface area contributed by atoms with Gasteiger partial charge in [-0.2, -0.15) is 11.3 Å². The van der Waals surface area contributed by atoms with E-state index in [9.17, 15) is 4.79 Å². The molecule has 3 N–H and O–H groups in total. The summed E-state index contributed by atoms with van der Waals surface area (Å²) >= 11 is 1.68.